The van der Waals surface area contributed by atoms with Gasteiger partial charge < -0.3 is 5.32 Å². The summed E-state index contributed by atoms with van der Waals surface area (Å²) in [6.45, 7) is 0. The molecule has 0 saturated carbocycles. The lowest BCUT2D eigenvalue weighted by atomic mass is 10.3. The number of hydrogen-bond acceptors (Lipinski definition) is 0. The lowest BCUT2D eigenvalue weighted by Crippen LogP contribution is -2.72. The number of halogens is 2. The van der Waals surface area contributed by atoms with Gasteiger partial charge in [-0.3, -0.25) is 0 Å². The fourth-order valence-electron chi connectivity index (χ4n) is 0.692. The summed E-state index contributed by atoms with van der Waals surface area (Å²) < 4.78 is 0. The number of nitrogens with two attached hydrogens (primary N) is 1. The Morgan fingerprint density at radius 1 is 1.20 bits per heavy atom. The van der Waals surface area contributed by atoms with Crippen molar-refractivity contribution in [3.05, 3.63) is 28.2 Å². The van der Waals surface area contributed by atoms with Gasteiger partial charge in [0, 0.05) is 12.1 Å². The molecule has 54 valence electrons. The largest absolute Gasteiger partial charge is 0.316 e. The second-order valence-electron chi connectivity index (χ2n) is 1.96. The van der Waals surface area contributed by atoms with Gasteiger partial charge in [0.05, 0.1) is 17.1 Å². The molecular formula is C7H8Cl2N+. The van der Waals surface area contributed by atoms with Gasteiger partial charge in [0.1, 0.15) is 5.69 Å². The minimum Gasteiger partial charge on any atom is -0.316 e. The predicted octanol–water partition coefficient (Wildman–Crippen LogP) is 1.82. The molecule has 10 heavy (non-hydrogen) atoms. The van der Waals surface area contributed by atoms with Crippen molar-refractivity contribution in [1.82, 2.24) is 0 Å². The monoisotopic (exact) mass is 176 g/mol. The summed E-state index contributed by atoms with van der Waals surface area (Å²) in [5.74, 6) is 0. The summed E-state index contributed by atoms with van der Waals surface area (Å²) in [6, 6.07) is 5.55. The van der Waals surface area contributed by atoms with Crippen molar-refractivity contribution in [3.63, 3.8) is 0 Å². The van der Waals surface area contributed by atoms with Crippen LogP contribution in [0.5, 0.6) is 0 Å². The lowest BCUT2D eigenvalue weighted by molar-refractivity contribution is -0.539. The van der Waals surface area contributed by atoms with Gasteiger partial charge in [0.15, 0.2) is 0 Å². The molecule has 0 aromatic heterocycles. The molecule has 0 fully saturated rings. The highest BCUT2D eigenvalue weighted by Gasteiger charge is 1.98. The Balaban J connectivity index is 3.04. The zero-order valence-electron chi connectivity index (χ0n) is 5.57. The molecule has 0 amide bonds. The fourth-order valence-corrected chi connectivity index (χ4v) is 0.998. The molecule has 0 atom stereocenters. The van der Waals surface area contributed by atoms with E-state index in [0.717, 1.165) is 5.69 Å². The molecule has 0 heterocycles. The van der Waals surface area contributed by atoms with Crippen molar-refractivity contribution in [1.29, 1.82) is 0 Å². The second-order valence-corrected chi connectivity index (χ2v) is 2.78. The third-order valence-electron chi connectivity index (χ3n) is 1.28. The second kappa shape index (κ2) is 3.24. The van der Waals surface area contributed by atoms with Gasteiger partial charge in [0.25, 0.3) is 0 Å². The first-order valence-corrected chi connectivity index (χ1v) is 3.74. The molecule has 0 aliphatic heterocycles. The average Bonchev–Trinajstić information content (AvgIpc) is 1.95. The minimum atomic E-state index is 0.604. The van der Waals surface area contributed by atoms with E-state index in [2.05, 4.69) is 0 Å². The molecule has 2 N–H and O–H groups in total. The van der Waals surface area contributed by atoms with E-state index in [-0.39, 0.29) is 0 Å². The van der Waals surface area contributed by atoms with Crippen LogP contribution in [0.25, 0.3) is 0 Å². The molecule has 0 spiro atoms. The van der Waals surface area contributed by atoms with Crippen molar-refractivity contribution < 1.29 is 5.32 Å². The fraction of sp³-hybridized carbons (Fsp3) is 0.143. The van der Waals surface area contributed by atoms with E-state index >= 15 is 0 Å². The maximum absolute atomic E-state index is 5.74. The standard InChI is InChI=1S/C7H7Cl2N/c1-10-5-2-3-6(8)7(9)4-5/h2-4,10H,1H3/p+1. The van der Waals surface area contributed by atoms with Crippen LogP contribution in [0.4, 0.5) is 5.69 Å². The van der Waals surface area contributed by atoms with E-state index in [4.69, 9.17) is 23.2 Å². The van der Waals surface area contributed by atoms with Crippen LogP contribution in [0.2, 0.25) is 10.0 Å². The Morgan fingerprint density at radius 3 is 2.40 bits per heavy atom. The molecule has 0 saturated heterocycles. The third-order valence-corrected chi connectivity index (χ3v) is 2.02. The summed E-state index contributed by atoms with van der Waals surface area (Å²) in [6.07, 6.45) is 0. The van der Waals surface area contributed by atoms with Crippen molar-refractivity contribution in [3.8, 4) is 0 Å². The van der Waals surface area contributed by atoms with E-state index in [0.29, 0.717) is 10.0 Å². The van der Waals surface area contributed by atoms with Crippen molar-refractivity contribution >= 4 is 28.9 Å². The molecular weight excluding hydrogens is 169 g/mol. The van der Waals surface area contributed by atoms with Gasteiger partial charge >= 0.3 is 0 Å². The number of rotatable bonds is 1. The molecule has 0 aliphatic carbocycles. The van der Waals surface area contributed by atoms with Gasteiger partial charge in [-0.25, -0.2) is 0 Å². The quantitative estimate of drug-likeness (QED) is 0.630. The van der Waals surface area contributed by atoms with Crippen molar-refractivity contribution in [2.75, 3.05) is 7.05 Å². The highest BCUT2D eigenvalue weighted by Crippen LogP contribution is 2.22. The normalized spacial score (nSPS) is 9.90. The Bertz CT molecular complexity index is 235. The number of hydrogen-bond donors (Lipinski definition) is 1. The molecule has 1 nitrogen and oxygen atoms in total. The Labute approximate surface area is 70.0 Å². The van der Waals surface area contributed by atoms with Crippen LogP contribution in [0, 0.1) is 0 Å². The Morgan fingerprint density at radius 2 is 1.90 bits per heavy atom. The van der Waals surface area contributed by atoms with Gasteiger partial charge in [-0.2, -0.15) is 0 Å². The van der Waals surface area contributed by atoms with E-state index in [1.165, 1.54) is 0 Å². The molecule has 0 bridgehead atoms. The number of quaternary nitrogens is 1. The van der Waals surface area contributed by atoms with Crippen LogP contribution in [0.1, 0.15) is 0 Å². The molecule has 1 rings (SSSR count). The molecule has 0 unspecified atom stereocenters. The highest BCUT2D eigenvalue weighted by molar-refractivity contribution is 6.42. The van der Waals surface area contributed by atoms with Crippen molar-refractivity contribution in [2.24, 2.45) is 0 Å². The smallest absolute Gasteiger partial charge is 0.130 e. The average molecular weight is 177 g/mol. The van der Waals surface area contributed by atoms with Crippen LogP contribution in [-0.4, -0.2) is 7.05 Å². The van der Waals surface area contributed by atoms with E-state index in [1.807, 2.05) is 24.5 Å². The van der Waals surface area contributed by atoms with Crippen LogP contribution in [0.15, 0.2) is 18.2 Å². The topological polar surface area (TPSA) is 16.6 Å². The Kier molecular flexibility index (Phi) is 2.55. The van der Waals surface area contributed by atoms with Gasteiger partial charge in [-0.15, -0.1) is 0 Å². The molecule has 0 aliphatic rings. The van der Waals surface area contributed by atoms with Crippen molar-refractivity contribution in [2.45, 2.75) is 0 Å². The lowest BCUT2D eigenvalue weighted by Gasteiger charge is -1.95. The van der Waals surface area contributed by atoms with Gasteiger partial charge in [-0.1, -0.05) is 23.2 Å². The highest BCUT2D eigenvalue weighted by atomic mass is 35.5. The molecule has 1 aromatic rings. The SMILES string of the molecule is C[NH2+]c1ccc(Cl)c(Cl)c1. The van der Waals surface area contributed by atoms with Crippen LogP contribution in [0.3, 0.4) is 0 Å². The summed E-state index contributed by atoms with van der Waals surface area (Å²) in [5, 5.41) is 3.19. The van der Waals surface area contributed by atoms with Gasteiger partial charge in [-0.05, 0) is 6.07 Å². The van der Waals surface area contributed by atoms with Crippen LogP contribution < -0.4 is 5.32 Å². The predicted molar refractivity (Wildman–Crippen MR) is 44.0 cm³/mol. The summed E-state index contributed by atoms with van der Waals surface area (Å²) in [4.78, 5) is 0. The molecule has 1 aromatic carbocycles. The first kappa shape index (κ1) is 7.86. The first-order valence-electron chi connectivity index (χ1n) is 2.98. The maximum Gasteiger partial charge on any atom is 0.130 e. The molecule has 3 heteroatoms. The number of benzene rings is 1. The zero-order valence-corrected chi connectivity index (χ0v) is 7.08. The van der Waals surface area contributed by atoms with E-state index < -0.39 is 0 Å². The van der Waals surface area contributed by atoms with E-state index in [1.54, 1.807) is 6.07 Å². The first-order chi connectivity index (χ1) is 4.74. The van der Waals surface area contributed by atoms with Crippen LogP contribution in [-0.2, 0) is 0 Å². The third kappa shape index (κ3) is 1.63. The summed E-state index contributed by atoms with van der Waals surface area (Å²) in [7, 11) is 1.96. The maximum atomic E-state index is 5.74. The van der Waals surface area contributed by atoms with Crippen LogP contribution >= 0.6 is 23.2 Å². The zero-order chi connectivity index (χ0) is 7.56. The minimum absolute atomic E-state index is 0.604. The van der Waals surface area contributed by atoms with E-state index in [9.17, 15) is 0 Å². The Hall–Kier alpha value is -0.240. The van der Waals surface area contributed by atoms with Gasteiger partial charge in [0.2, 0.25) is 0 Å². The summed E-state index contributed by atoms with van der Waals surface area (Å²) >= 11 is 11.4. The molecule has 0 radical (unpaired) electrons. The summed E-state index contributed by atoms with van der Waals surface area (Å²) in [5.41, 5.74) is 1.09.